The molecule has 0 aliphatic rings. The molecule has 0 saturated carbocycles. The normalized spacial score (nSPS) is 10.8. The summed E-state index contributed by atoms with van der Waals surface area (Å²) in [6, 6.07) is 0.512. The molecule has 0 radical (unpaired) electrons. The van der Waals surface area contributed by atoms with Gasteiger partial charge < -0.3 is 5.32 Å². The Morgan fingerprint density at radius 1 is 1.71 bits per heavy atom. The molecule has 0 amide bonds. The summed E-state index contributed by atoms with van der Waals surface area (Å²) in [5, 5.41) is 11.1. The van der Waals surface area contributed by atoms with Crippen molar-refractivity contribution >= 4 is 23.1 Å². The van der Waals surface area contributed by atoms with Gasteiger partial charge in [-0.25, -0.2) is 0 Å². The van der Waals surface area contributed by atoms with Gasteiger partial charge in [-0.3, -0.25) is 0 Å². The van der Waals surface area contributed by atoms with Gasteiger partial charge in [-0.1, -0.05) is 49.1 Å². The van der Waals surface area contributed by atoms with Crippen molar-refractivity contribution in [1.82, 2.24) is 15.5 Å². The van der Waals surface area contributed by atoms with E-state index in [-0.39, 0.29) is 0 Å². The molecule has 1 heterocycles. The number of rotatable bonds is 6. The number of nitrogens with one attached hydrogen (secondary N) is 1. The highest BCUT2D eigenvalue weighted by Crippen LogP contribution is 2.20. The molecule has 1 N–H and O–H groups in total. The molecule has 1 aromatic heterocycles. The van der Waals surface area contributed by atoms with E-state index >= 15 is 0 Å². The highest BCUT2D eigenvalue weighted by atomic mass is 32.2. The standard InChI is InChI=1S/C9H15N3S2/c1-7(2)10-4-8(3)5-13-9-12-11-6-14-9/h6-7,10H,3-5H2,1-2H3. The van der Waals surface area contributed by atoms with Gasteiger partial charge in [0, 0.05) is 18.3 Å². The lowest BCUT2D eigenvalue weighted by molar-refractivity contribution is 0.623. The number of hydrogen-bond donors (Lipinski definition) is 1. The summed E-state index contributed by atoms with van der Waals surface area (Å²) < 4.78 is 1.01. The van der Waals surface area contributed by atoms with E-state index in [9.17, 15) is 0 Å². The Morgan fingerprint density at radius 2 is 2.50 bits per heavy atom. The van der Waals surface area contributed by atoms with Crippen molar-refractivity contribution in [1.29, 1.82) is 0 Å². The van der Waals surface area contributed by atoms with Crippen LogP contribution < -0.4 is 5.32 Å². The Bertz CT molecular complexity index is 270. The first kappa shape index (κ1) is 11.7. The van der Waals surface area contributed by atoms with Crippen LogP contribution in [0.4, 0.5) is 0 Å². The minimum Gasteiger partial charge on any atom is -0.311 e. The molecule has 3 nitrogen and oxygen atoms in total. The molecule has 0 aliphatic heterocycles. The maximum Gasteiger partial charge on any atom is 0.174 e. The molecule has 5 heteroatoms. The summed E-state index contributed by atoms with van der Waals surface area (Å²) >= 11 is 3.26. The van der Waals surface area contributed by atoms with Crippen molar-refractivity contribution in [3.63, 3.8) is 0 Å². The minimum atomic E-state index is 0.512. The van der Waals surface area contributed by atoms with E-state index < -0.39 is 0 Å². The number of thioether (sulfide) groups is 1. The molecule has 0 fully saturated rings. The molecule has 0 spiro atoms. The maximum absolute atomic E-state index is 4.00. The van der Waals surface area contributed by atoms with Crippen LogP contribution in [0.15, 0.2) is 22.0 Å². The summed E-state index contributed by atoms with van der Waals surface area (Å²) in [4.78, 5) is 0. The Labute approximate surface area is 93.0 Å². The third-order valence-electron chi connectivity index (χ3n) is 1.50. The zero-order valence-corrected chi connectivity index (χ0v) is 10.1. The van der Waals surface area contributed by atoms with Crippen molar-refractivity contribution in [2.45, 2.75) is 24.2 Å². The zero-order valence-electron chi connectivity index (χ0n) is 8.49. The summed E-state index contributed by atoms with van der Waals surface area (Å²) in [5.41, 5.74) is 2.94. The average molecular weight is 229 g/mol. The van der Waals surface area contributed by atoms with Gasteiger partial charge >= 0.3 is 0 Å². The van der Waals surface area contributed by atoms with Gasteiger partial charge in [-0.2, -0.15) is 0 Å². The van der Waals surface area contributed by atoms with Crippen molar-refractivity contribution in [3.05, 3.63) is 17.7 Å². The van der Waals surface area contributed by atoms with Gasteiger partial charge in [0.05, 0.1) is 0 Å². The molecule has 78 valence electrons. The van der Waals surface area contributed by atoms with Crippen molar-refractivity contribution in [2.75, 3.05) is 12.3 Å². The number of nitrogens with zero attached hydrogens (tertiary/aromatic N) is 2. The molecule has 1 aromatic rings. The third-order valence-corrected chi connectivity index (χ3v) is 3.51. The molecule has 0 aromatic carbocycles. The van der Waals surface area contributed by atoms with Crippen LogP contribution in [-0.4, -0.2) is 28.5 Å². The van der Waals surface area contributed by atoms with Crippen LogP contribution in [0.25, 0.3) is 0 Å². The molecule has 0 bridgehead atoms. The summed E-state index contributed by atoms with van der Waals surface area (Å²) in [6.07, 6.45) is 0. The summed E-state index contributed by atoms with van der Waals surface area (Å²) in [6.45, 7) is 9.14. The Balaban J connectivity index is 2.15. The second kappa shape index (κ2) is 6.16. The van der Waals surface area contributed by atoms with E-state index in [0.29, 0.717) is 6.04 Å². The lowest BCUT2D eigenvalue weighted by atomic mass is 10.3. The fourth-order valence-electron chi connectivity index (χ4n) is 0.789. The molecule has 0 atom stereocenters. The molecule has 0 unspecified atom stereocenters. The fraction of sp³-hybridized carbons (Fsp3) is 0.556. The second-order valence-corrected chi connectivity index (χ2v) is 5.33. The summed E-state index contributed by atoms with van der Waals surface area (Å²) in [5.74, 6) is 0.912. The van der Waals surface area contributed by atoms with Gasteiger partial charge in [-0.15, -0.1) is 10.2 Å². The van der Waals surface area contributed by atoms with Gasteiger partial charge in [0.25, 0.3) is 0 Å². The maximum atomic E-state index is 4.00. The Hall–Kier alpha value is -0.390. The molecule has 0 aliphatic carbocycles. The molecule has 0 saturated heterocycles. The topological polar surface area (TPSA) is 37.8 Å². The van der Waals surface area contributed by atoms with Crippen LogP contribution >= 0.6 is 23.1 Å². The molecule has 14 heavy (non-hydrogen) atoms. The minimum absolute atomic E-state index is 0.512. The monoisotopic (exact) mass is 229 g/mol. The van der Waals surface area contributed by atoms with Crippen molar-refractivity contribution < 1.29 is 0 Å². The first-order valence-electron chi connectivity index (χ1n) is 4.47. The van der Waals surface area contributed by atoms with E-state index in [1.807, 2.05) is 0 Å². The lowest BCUT2D eigenvalue weighted by Gasteiger charge is -2.09. The van der Waals surface area contributed by atoms with Gasteiger partial charge in [0.15, 0.2) is 4.34 Å². The van der Waals surface area contributed by atoms with E-state index in [0.717, 1.165) is 16.6 Å². The number of aromatic nitrogens is 2. The average Bonchev–Trinajstić information content (AvgIpc) is 2.63. The molecular formula is C9H15N3S2. The fourth-order valence-corrected chi connectivity index (χ4v) is 2.18. The van der Waals surface area contributed by atoms with Gasteiger partial charge in [0.2, 0.25) is 0 Å². The van der Waals surface area contributed by atoms with Crippen LogP contribution in [0.2, 0.25) is 0 Å². The second-order valence-electron chi connectivity index (χ2n) is 3.28. The molecule has 1 rings (SSSR count). The smallest absolute Gasteiger partial charge is 0.174 e. The van der Waals surface area contributed by atoms with Crippen LogP contribution in [-0.2, 0) is 0 Å². The predicted octanol–water partition coefficient (Wildman–Crippen LogP) is 2.18. The zero-order chi connectivity index (χ0) is 10.4. The highest BCUT2D eigenvalue weighted by Gasteiger charge is 2.00. The first-order valence-corrected chi connectivity index (χ1v) is 6.34. The van der Waals surface area contributed by atoms with Gasteiger partial charge in [-0.05, 0) is 0 Å². The quantitative estimate of drug-likeness (QED) is 0.599. The van der Waals surface area contributed by atoms with Gasteiger partial charge in [0.1, 0.15) is 5.51 Å². The van der Waals surface area contributed by atoms with E-state index in [4.69, 9.17) is 0 Å². The van der Waals surface area contributed by atoms with Crippen molar-refractivity contribution in [2.24, 2.45) is 0 Å². The predicted molar refractivity (Wildman–Crippen MR) is 62.9 cm³/mol. The van der Waals surface area contributed by atoms with Crippen LogP contribution in [0, 0.1) is 0 Å². The highest BCUT2D eigenvalue weighted by molar-refractivity contribution is 8.01. The van der Waals surface area contributed by atoms with Crippen LogP contribution in [0.3, 0.4) is 0 Å². The first-order chi connectivity index (χ1) is 6.68. The van der Waals surface area contributed by atoms with Crippen LogP contribution in [0.5, 0.6) is 0 Å². The van der Waals surface area contributed by atoms with Crippen LogP contribution in [0.1, 0.15) is 13.8 Å². The Morgan fingerprint density at radius 3 is 3.07 bits per heavy atom. The lowest BCUT2D eigenvalue weighted by Crippen LogP contribution is -2.25. The van der Waals surface area contributed by atoms with E-state index in [2.05, 4.69) is 35.9 Å². The largest absolute Gasteiger partial charge is 0.311 e. The number of hydrogen-bond acceptors (Lipinski definition) is 5. The summed E-state index contributed by atoms with van der Waals surface area (Å²) in [7, 11) is 0. The van der Waals surface area contributed by atoms with Crippen molar-refractivity contribution in [3.8, 4) is 0 Å². The van der Waals surface area contributed by atoms with E-state index in [1.54, 1.807) is 28.6 Å². The Kier molecular flexibility index (Phi) is 5.14. The third kappa shape index (κ3) is 4.74. The SMILES string of the molecule is C=C(CNC(C)C)CSc1nncs1. The van der Waals surface area contributed by atoms with E-state index in [1.165, 1.54) is 5.57 Å². The molecular weight excluding hydrogens is 214 g/mol.